The normalized spacial score (nSPS) is 11.0. The van der Waals surface area contributed by atoms with Gasteiger partial charge in [0.25, 0.3) is 5.56 Å². The summed E-state index contributed by atoms with van der Waals surface area (Å²) in [5.74, 6) is -1.23. The van der Waals surface area contributed by atoms with Crippen LogP contribution in [0.1, 0.15) is 10.4 Å². The summed E-state index contributed by atoms with van der Waals surface area (Å²) >= 11 is 11.1. The second-order valence-electron chi connectivity index (χ2n) is 5.47. The molecule has 3 aromatic rings. The molecule has 0 unspecified atom stereocenters. The number of carboxylic acids is 1. The van der Waals surface area contributed by atoms with E-state index >= 15 is 0 Å². The number of methoxy groups -OCH3 is 1. The molecule has 0 saturated carbocycles. The van der Waals surface area contributed by atoms with Crippen molar-refractivity contribution >= 4 is 40.8 Å². The van der Waals surface area contributed by atoms with Crippen LogP contribution in [0.15, 0.2) is 35.1 Å². The van der Waals surface area contributed by atoms with Gasteiger partial charge in [-0.15, -0.1) is 0 Å². The average Bonchev–Trinajstić information content (AvgIpc) is 2.61. The molecule has 3 rings (SSSR count). The fraction of sp³-hybridized carbons (Fsp3) is 0.176. The standard InChI is InChI=1S/C17H14ClN3O4S/c1-25-7-6-21-14-13(15(22)20-17(21)26)11(16(23)24)8-12(19-14)9-2-4-10(18)5-3-9/h2-5,8H,6-7H2,1H3,(H,23,24)(H,20,22,26). The number of carboxylic acid groups (broad SMARTS) is 1. The minimum atomic E-state index is -1.23. The van der Waals surface area contributed by atoms with Gasteiger partial charge in [0, 0.05) is 17.7 Å². The molecule has 0 aliphatic heterocycles. The van der Waals surface area contributed by atoms with Gasteiger partial charge in [0.1, 0.15) is 5.65 Å². The molecule has 2 N–H and O–H groups in total. The minimum absolute atomic E-state index is 0.0279. The van der Waals surface area contributed by atoms with Gasteiger partial charge in [0.2, 0.25) is 0 Å². The van der Waals surface area contributed by atoms with E-state index in [0.717, 1.165) is 0 Å². The number of halogens is 1. The number of benzene rings is 1. The number of ether oxygens (including phenoxy) is 1. The van der Waals surface area contributed by atoms with Crippen LogP contribution >= 0.6 is 23.8 Å². The second kappa shape index (κ2) is 7.36. The zero-order valence-electron chi connectivity index (χ0n) is 13.7. The molecular weight excluding hydrogens is 378 g/mol. The van der Waals surface area contributed by atoms with Crippen LogP contribution in [0.5, 0.6) is 0 Å². The summed E-state index contributed by atoms with van der Waals surface area (Å²) in [5.41, 5.74) is 0.523. The van der Waals surface area contributed by atoms with Gasteiger partial charge >= 0.3 is 5.97 Å². The Morgan fingerprint density at radius 1 is 1.38 bits per heavy atom. The van der Waals surface area contributed by atoms with E-state index in [0.29, 0.717) is 29.4 Å². The van der Waals surface area contributed by atoms with Crippen LogP contribution in [0.4, 0.5) is 0 Å². The van der Waals surface area contributed by atoms with Gasteiger partial charge in [-0.3, -0.25) is 9.78 Å². The van der Waals surface area contributed by atoms with Crippen LogP contribution < -0.4 is 5.56 Å². The van der Waals surface area contributed by atoms with E-state index in [9.17, 15) is 14.7 Å². The van der Waals surface area contributed by atoms with Gasteiger partial charge in [0.05, 0.1) is 29.8 Å². The predicted octanol–water partition coefficient (Wildman–Crippen LogP) is 3.12. The number of nitrogens with zero attached hydrogens (tertiary/aromatic N) is 2. The largest absolute Gasteiger partial charge is 0.478 e. The van der Waals surface area contributed by atoms with Crippen molar-refractivity contribution in [2.75, 3.05) is 13.7 Å². The van der Waals surface area contributed by atoms with E-state index in [1.54, 1.807) is 28.8 Å². The van der Waals surface area contributed by atoms with Crippen LogP contribution in [0.25, 0.3) is 22.3 Å². The number of aromatic nitrogens is 3. The maximum atomic E-state index is 12.4. The molecule has 134 valence electrons. The Labute approximate surface area is 157 Å². The van der Waals surface area contributed by atoms with Crippen molar-refractivity contribution in [3.05, 3.63) is 56.0 Å². The van der Waals surface area contributed by atoms with Gasteiger partial charge in [-0.2, -0.15) is 0 Å². The third-order valence-electron chi connectivity index (χ3n) is 3.84. The van der Waals surface area contributed by atoms with Crippen LogP contribution in [0, 0.1) is 4.77 Å². The molecule has 9 heteroatoms. The number of aromatic amines is 1. The number of carbonyl (C=O) groups is 1. The summed E-state index contributed by atoms with van der Waals surface area (Å²) in [6.45, 7) is 0.642. The molecule has 0 bridgehead atoms. The summed E-state index contributed by atoms with van der Waals surface area (Å²) in [5, 5.41) is 10.1. The van der Waals surface area contributed by atoms with Gasteiger partial charge in [-0.25, -0.2) is 9.78 Å². The Morgan fingerprint density at radius 3 is 2.69 bits per heavy atom. The summed E-state index contributed by atoms with van der Waals surface area (Å²) < 4.78 is 6.77. The number of pyridine rings is 1. The van der Waals surface area contributed by atoms with Crippen molar-refractivity contribution < 1.29 is 14.6 Å². The highest BCUT2D eigenvalue weighted by Gasteiger charge is 2.18. The Bertz CT molecular complexity index is 1110. The lowest BCUT2D eigenvalue weighted by atomic mass is 10.1. The van der Waals surface area contributed by atoms with Crippen molar-refractivity contribution in [3.8, 4) is 11.3 Å². The van der Waals surface area contributed by atoms with Crippen LogP contribution in [-0.4, -0.2) is 39.3 Å². The SMILES string of the molecule is COCCn1c(=S)[nH]c(=O)c2c(C(=O)O)cc(-c3ccc(Cl)cc3)nc21. The van der Waals surface area contributed by atoms with E-state index < -0.39 is 11.5 Å². The third kappa shape index (κ3) is 3.39. The molecule has 0 amide bonds. The fourth-order valence-corrected chi connectivity index (χ4v) is 3.00. The van der Waals surface area contributed by atoms with Crippen molar-refractivity contribution in [2.45, 2.75) is 6.54 Å². The van der Waals surface area contributed by atoms with E-state index in [2.05, 4.69) is 9.97 Å². The maximum Gasteiger partial charge on any atom is 0.336 e. The average molecular weight is 392 g/mol. The van der Waals surface area contributed by atoms with Crippen molar-refractivity contribution in [2.24, 2.45) is 0 Å². The lowest BCUT2D eigenvalue weighted by Gasteiger charge is -2.13. The Morgan fingerprint density at radius 2 is 2.08 bits per heavy atom. The molecule has 0 saturated heterocycles. The number of fused-ring (bicyclic) bond motifs is 1. The Hall–Kier alpha value is -2.55. The Balaban J connectivity index is 2.39. The zero-order valence-corrected chi connectivity index (χ0v) is 15.2. The number of H-pyrrole nitrogens is 1. The van der Waals surface area contributed by atoms with Crippen molar-refractivity contribution in [3.63, 3.8) is 0 Å². The van der Waals surface area contributed by atoms with Gasteiger partial charge in [0.15, 0.2) is 4.77 Å². The lowest BCUT2D eigenvalue weighted by molar-refractivity contribution is 0.0699. The first-order valence-electron chi connectivity index (χ1n) is 7.58. The monoisotopic (exact) mass is 391 g/mol. The quantitative estimate of drug-likeness (QED) is 0.648. The second-order valence-corrected chi connectivity index (χ2v) is 6.29. The number of hydrogen-bond donors (Lipinski definition) is 2. The highest BCUT2D eigenvalue weighted by molar-refractivity contribution is 7.71. The molecule has 1 aromatic carbocycles. The van der Waals surface area contributed by atoms with Crippen molar-refractivity contribution in [1.29, 1.82) is 0 Å². The number of aromatic carboxylic acids is 1. The fourth-order valence-electron chi connectivity index (χ4n) is 2.60. The molecule has 0 fully saturated rings. The van der Waals surface area contributed by atoms with E-state index in [1.165, 1.54) is 13.2 Å². The molecule has 7 nitrogen and oxygen atoms in total. The molecule has 0 atom stereocenters. The molecule has 26 heavy (non-hydrogen) atoms. The van der Waals surface area contributed by atoms with E-state index in [-0.39, 0.29) is 21.4 Å². The first-order valence-corrected chi connectivity index (χ1v) is 8.37. The summed E-state index contributed by atoms with van der Waals surface area (Å²) in [7, 11) is 1.53. The first-order chi connectivity index (χ1) is 12.4. The van der Waals surface area contributed by atoms with Gasteiger partial charge < -0.3 is 14.4 Å². The zero-order chi connectivity index (χ0) is 18.8. The maximum absolute atomic E-state index is 12.4. The molecule has 2 aromatic heterocycles. The third-order valence-corrected chi connectivity index (χ3v) is 4.41. The molecule has 0 spiro atoms. The molecule has 0 aliphatic rings. The number of nitrogens with one attached hydrogen (secondary N) is 1. The van der Waals surface area contributed by atoms with Gasteiger partial charge in [-0.05, 0) is 30.4 Å². The highest BCUT2D eigenvalue weighted by atomic mass is 35.5. The topological polar surface area (TPSA) is 97.2 Å². The molecular formula is C17H14ClN3O4S. The lowest BCUT2D eigenvalue weighted by Crippen LogP contribution is -2.20. The van der Waals surface area contributed by atoms with Crippen LogP contribution in [0.2, 0.25) is 5.02 Å². The van der Waals surface area contributed by atoms with Crippen LogP contribution in [0.3, 0.4) is 0 Å². The summed E-state index contributed by atoms with van der Waals surface area (Å²) in [6.07, 6.45) is 0. The molecule has 0 radical (unpaired) electrons. The summed E-state index contributed by atoms with van der Waals surface area (Å²) in [6, 6.07) is 8.18. The van der Waals surface area contributed by atoms with Crippen LogP contribution in [-0.2, 0) is 11.3 Å². The number of rotatable bonds is 5. The van der Waals surface area contributed by atoms with E-state index in [4.69, 9.17) is 28.6 Å². The van der Waals surface area contributed by atoms with Crippen molar-refractivity contribution in [1.82, 2.24) is 14.5 Å². The van der Waals surface area contributed by atoms with E-state index in [1.807, 2.05) is 0 Å². The number of hydrogen-bond acceptors (Lipinski definition) is 5. The smallest absolute Gasteiger partial charge is 0.336 e. The Kier molecular flexibility index (Phi) is 5.17. The highest BCUT2D eigenvalue weighted by Crippen LogP contribution is 2.24. The molecule has 2 heterocycles. The minimum Gasteiger partial charge on any atom is -0.478 e. The summed E-state index contributed by atoms with van der Waals surface area (Å²) in [4.78, 5) is 31.1. The predicted molar refractivity (Wildman–Crippen MR) is 100 cm³/mol. The first kappa shape index (κ1) is 18.2. The molecule has 0 aliphatic carbocycles. The van der Waals surface area contributed by atoms with Gasteiger partial charge in [-0.1, -0.05) is 23.7 Å².